The molecule has 5 nitrogen and oxygen atoms in total. The normalized spacial score (nSPS) is 11.0. The van der Waals surface area contributed by atoms with Crippen molar-refractivity contribution in [2.75, 3.05) is 7.11 Å². The maximum atomic E-state index is 12.4. The molecular weight excluding hydrogens is 316 g/mol. The predicted octanol–water partition coefficient (Wildman–Crippen LogP) is 4.66. The molecule has 0 aromatic heterocycles. The molecular formula is C20H32N2O3. The lowest BCUT2D eigenvalue weighted by molar-refractivity contribution is 0.0954. The average Bonchev–Trinajstić information content (AvgIpc) is 2.51. The number of benzene rings is 1. The standard InChI is InChI=1S/C20H32N2O3/c1-13(2)10-17(11-14(3)4)21-22-20(23)16-8-9-18(25-15(5)6)19(12-16)24-7/h8-9,12-15H,10-11H2,1-7H3,(H,22,23). The Kier molecular flexibility index (Phi) is 8.46. The van der Waals surface area contributed by atoms with Crippen LogP contribution in [0.3, 0.4) is 0 Å². The molecule has 0 aliphatic rings. The van der Waals surface area contributed by atoms with Crippen molar-refractivity contribution in [2.24, 2.45) is 16.9 Å². The van der Waals surface area contributed by atoms with E-state index < -0.39 is 0 Å². The second kappa shape index (κ2) is 10.1. The third-order valence-corrected chi connectivity index (χ3v) is 3.39. The summed E-state index contributed by atoms with van der Waals surface area (Å²) in [7, 11) is 1.56. The van der Waals surface area contributed by atoms with Crippen LogP contribution in [-0.4, -0.2) is 24.8 Å². The zero-order valence-corrected chi connectivity index (χ0v) is 16.6. The van der Waals surface area contributed by atoms with Crippen LogP contribution in [0.5, 0.6) is 11.5 Å². The molecule has 0 aliphatic heterocycles. The van der Waals surface area contributed by atoms with Gasteiger partial charge in [0.1, 0.15) is 0 Å². The zero-order chi connectivity index (χ0) is 19.0. The number of nitrogens with zero attached hydrogens (tertiary/aromatic N) is 1. The topological polar surface area (TPSA) is 59.9 Å². The van der Waals surface area contributed by atoms with Crippen LogP contribution in [0.1, 0.15) is 64.7 Å². The molecule has 5 heteroatoms. The second-order valence-corrected chi connectivity index (χ2v) is 7.35. The van der Waals surface area contributed by atoms with Crippen LogP contribution in [0, 0.1) is 11.8 Å². The number of hydrogen-bond acceptors (Lipinski definition) is 4. The number of carbonyl (C=O) groups is 1. The molecule has 0 radical (unpaired) electrons. The average molecular weight is 348 g/mol. The van der Waals surface area contributed by atoms with Gasteiger partial charge in [0.2, 0.25) is 0 Å². The van der Waals surface area contributed by atoms with Gasteiger partial charge in [0.05, 0.1) is 13.2 Å². The van der Waals surface area contributed by atoms with Gasteiger partial charge in [-0.1, -0.05) is 27.7 Å². The highest BCUT2D eigenvalue weighted by molar-refractivity contribution is 5.96. The van der Waals surface area contributed by atoms with Gasteiger partial charge in [0.15, 0.2) is 11.5 Å². The lowest BCUT2D eigenvalue weighted by atomic mass is 9.99. The van der Waals surface area contributed by atoms with E-state index in [0.717, 1.165) is 18.6 Å². The van der Waals surface area contributed by atoms with Gasteiger partial charge in [-0.3, -0.25) is 4.79 Å². The molecule has 1 rings (SSSR count). The number of hydrogen-bond donors (Lipinski definition) is 1. The van der Waals surface area contributed by atoms with Crippen LogP contribution < -0.4 is 14.9 Å². The van der Waals surface area contributed by atoms with Crippen LogP contribution >= 0.6 is 0 Å². The van der Waals surface area contributed by atoms with Crippen LogP contribution in [0.4, 0.5) is 0 Å². The van der Waals surface area contributed by atoms with E-state index in [9.17, 15) is 4.79 Å². The molecule has 0 aliphatic carbocycles. The Morgan fingerprint density at radius 3 is 2.12 bits per heavy atom. The Bertz CT molecular complexity index is 581. The molecule has 1 N–H and O–H groups in total. The summed E-state index contributed by atoms with van der Waals surface area (Å²) < 4.78 is 11.0. The van der Waals surface area contributed by atoms with E-state index in [-0.39, 0.29) is 12.0 Å². The van der Waals surface area contributed by atoms with Crippen molar-refractivity contribution >= 4 is 11.6 Å². The first-order valence-electron chi connectivity index (χ1n) is 8.93. The first kappa shape index (κ1) is 21.0. The molecule has 140 valence electrons. The molecule has 0 fully saturated rings. The lowest BCUT2D eigenvalue weighted by Gasteiger charge is -2.14. The smallest absolute Gasteiger partial charge is 0.271 e. The summed E-state index contributed by atoms with van der Waals surface area (Å²) in [6.45, 7) is 12.5. The molecule has 0 heterocycles. The molecule has 1 amide bonds. The monoisotopic (exact) mass is 348 g/mol. The lowest BCUT2D eigenvalue weighted by Crippen LogP contribution is -2.21. The minimum absolute atomic E-state index is 0.0350. The van der Waals surface area contributed by atoms with Crippen molar-refractivity contribution in [1.29, 1.82) is 0 Å². The molecule has 1 aromatic carbocycles. The number of amides is 1. The molecule has 0 spiro atoms. The van der Waals surface area contributed by atoms with Crippen molar-refractivity contribution < 1.29 is 14.3 Å². The molecule has 0 saturated carbocycles. The molecule has 0 atom stereocenters. The van der Waals surface area contributed by atoms with E-state index in [0.29, 0.717) is 28.9 Å². The predicted molar refractivity (Wildman–Crippen MR) is 103 cm³/mol. The Morgan fingerprint density at radius 1 is 1.04 bits per heavy atom. The van der Waals surface area contributed by atoms with Crippen molar-refractivity contribution in [3.8, 4) is 11.5 Å². The third kappa shape index (κ3) is 7.59. The van der Waals surface area contributed by atoms with Crippen molar-refractivity contribution in [3.05, 3.63) is 23.8 Å². The zero-order valence-electron chi connectivity index (χ0n) is 16.6. The SMILES string of the molecule is COc1cc(C(=O)NN=C(CC(C)C)CC(C)C)ccc1OC(C)C. The van der Waals surface area contributed by atoms with Crippen molar-refractivity contribution in [2.45, 2.75) is 60.5 Å². The Balaban J connectivity index is 2.89. The summed E-state index contributed by atoms with van der Waals surface area (Å²) >= 11 is 0. The molecule has 1 aromatic rings. The van der Waals surface area contributed by atoms with Gasteiger partial charge < -0.3 is 9.47 Å². The summed E-state index contributed by atoms with van der Waals surface area (Å²) in [6.07, 6.45) is 1.79. The first-order chi connectivity index (χ1) is 11.7. The largest absolute Gasteiger partial charge is 0.493 e. The van der Waals surface area contributed by atoms with Crippen molar-refractivity contribution in [1.82, 2.24) is 5.43 Å². The molecule has 25 heavy (non-hydrogen) atoms. The van der Waals surface area contributed by atoms with E-state index in [1.54, 1.807) is 25.3 Å². The maximum Gasteiger partial charge on any atom is 0.271 e. The minimum Gasteiger partial charge on any atom is -0.493 e. The summed E-state index contributed by atoms with van der Waals surface area (Å²) in [5.74, 6) is 1.91. The van der Waals surface area contributed by atoms with Gasteiger partial charge in [-0.05, 0) is 56.7 Å². The summed E-state index contributed by atoms with van der Waals surface area (Å²) in [6, 6.07) is 5.14. The van der Waals surface area contributed by atoms with Crippen molar-refractivity contribution in [3.63, 3.8) is 0 Å². The molecule has 0 saturated heterocycles. The summed E-state index contributed by atoms with van der Waals surface area (Å²) in [5, 5.41) is 4.35. The van der Waals surface area contributed by atoms with Gasteiger partial charge >= 0.3 is 0 Å². The summed E-state index contributed by atoms with van der Waals surface area (Å²) in [4.78, 5) is 12.4. The minimum atomic E-state index is -0.251. The highest BCUT2D eigenvalue weighted by Crippen LogP contribution is 2.29. The van der Waals surface area contributed by atoms with Crippen LogP contribution in [0.25, 0.3) is 0 Å². The molecule has 0 unspecified atom stereocenters. The van der Waals surface area contributed by atoms with Gasteiger partial charge in [-0.2, -0.15) is 5.10 Å². The van der Waals surface area contributed by atoms with Gasteiger partial charge in [-0.15, -0.1) is 0 Å². The first-order valence-corrected chi connectivity index (χ1v) is 8.93. The third-order valence-electron chi connectivity index (χ3n) is 3.39. The highest BCUT2D eigenvalue weighted by Gasteiger charge is 2.13. The number of nitrogens with one attached hydrogen (secondary N) is 1. The van der Waals surface area contributed by atoms with E-state index in [1.807, 2.05) is 13.8 Å². The fraction of sp³-hybridized carbons (Fsp3) is 0.600. The summed E-state index contributed by atoms with van der Waals surface area (Å²) in [5.41, 5.74) is 4.18. The Morgan fingerprint density at radius 2 is 1.64 bits per heavy atom. The number of hydrazone groups is 1. The van der Waals surface area contributed by atoms with Crippen LogP contribution in [0.15, 0.2) is 23.3 Å². The van der Waals surface area contributed by atoms with E-state index in [4.69, 9.17) is 9.47 Å². The van der Waals surface area contributed by atoms with Gasteiger partial charge in [0.25, 0.3) is 5.91 Å². The van der Waals surface area contributed by atoms with E-state index in [1.165, 1.54) is 0 Å². The van der Waals surface area contributed by atoms with E-state index in [2.05, 4.69) is 38.2 Å². The number of ether oxygens (including phenoxy) is 2. The fourth-order valence-electron chi connectivity index (χ4n) is 2.47. The highest BCUT2D eigenvalue weighted by atomic mass is 16.5. The quantitative estimate of drug-likeness (QED) is 0.521. The van der Waals surface area contributed by atoms with Crippen LogP contribution in [0.2, 0.25) is 0 Å². The fourth-order valence-corrected chi connectivity index (χ4v) is 2.47. The van der Waals surface area contributed by atoms with Gasteiger partial charge in [0, 0.05) is 11.3 Å². The second-order valence-electron chi connectivity index (χ2n) is 7.35. The van der Waals surface area contributed by atoms with Crippen LogP contribution in [-0.2, 0) is 0 Å². The van der Waals surface area contributed by atoms with E-state index >= 15 is 0 Å². The van der Waals surface area contributed by atoms with Gasteiger partial charge in [-0.25, -0.2) is 5.43 Å². The Labute approximate surface area is 151 Å². The number of carbonyl (C=O) groups excluding carboxylic acids is 1. The number of methoxy groups -OCH3 is 1. The Hall–Kier alpha value is -2.04. The maximum absolute atomic E-state index is 12.4. The number of rotatable bonds is 9. The molecule has 0 bridgehead atoms.